The molecule has 1 saturated carbocycles. The van der Waals surface area contributed by atoms with Gasteiger partial charge < -0.3 is 5.32 Å². The molecule has 1 aliphatic rings. The molecule has 5 nitrogen and oxygen atoms in total. The van der Waals surface area contributed by atoms with Crippen molar-refractivity contribution in [1.82, 2.24) is 20.2 Å². The topological polar surface area (TPSA) is 66.5 Å². The first-order chi connectivity index (χ1) is 10.2. The Morgan fingerprint density at radius 2 is 2.00 bits per heavy atom. The summed E-state index contributed by atoms with van der Waals surface area (Å²) in [7, 11) is 0. The number of benzene rings is 1. The minimum atomic E-state index is 0.185. The van der Waals surface area contributed by atoms with E-state index in [4.69, 9.17) is 23.2 Å². The highest BCUT2D eigenvalue weighted by atomic mass is 35.5. The molecule has 0 saturated heterocycles. The van der Waals surface area contributed by atoms with Gasteiger partial charge in [-0.05, 0) is 42.6 Å². The Labute approximate surface area is 130 Å². The van der Waals surface area contributed by atoms with E-state index in [1.807, 2.05) is 18.2 Å². The first-order valence-electron chi connectivity index (χ1n) is 6.64. The average Bonchev–Trinajstić information content (AvgIpc) is 3.20. The van der Waals surface area contributed by atoms with Crippen molar-refractivity contribution in [2.24, 2.45) is 0 Å². The fraction of sp³-hybridized carbons (Fsp3) is 0.214. The fourth-order valence-corrected chi connectivity index (χ4v) is 2.64. The van der Waals surface area contributed by atoms with Gasteiger partial charge >= 0.3 is 0 Å². The van der Waals surface area contributed by atoms with Gasteiger partial charge in [0.05, 0.1) is 5.52 Å². The molecule has 106 valence electrons. The van der Waals surface area contributed by atoms with Gasteiger partial charge in [0.1, 0.15) is 5.82 Å². The maximum atomic E-state index is 6.05. The summed E-state index contributed by atoms with van der Waals surface area (Å²) in [6.07, 6.45) is 2.44. The zero-order chi connectivity index (χ0) is 14.4. The SMILES string of the molecule is Clc1ccc2nc(Cl)nc(Nc3cc(C4CC4)[nH]n3)c2c1. The first kappa shape index (κ1) is 12.9. The third-order valence-corrected chi connectivity index (χ3v) is 3.90. The lowest BCUT2D eigenvalue weighted by Gasteiger charge is -2.07. The molecule has 3 aromatic rings. The molecule has 0 spiro atoms. The lowest BCUT2D eigenvalue weighted by molar-refractivity contribution is 0.966. The molecule has 21 heavy (non-hydrogen) atoms. The number of H-pyrrole nitrogens is 1. The molecule has 2 N–H and O–H groups in total. The van der Waals surface area contributed by atoms with Crippen molar-refractivity contribution in [2.75, 3.05) is 5.32 Å². The van der Waals surface area contributed by atoms with Gasteiger partial charge in [0, 0.05) is 28.1 Å². The molecule has 0 amide bonds. The highest BCUT2D eigenvalue weighted by Gasteiger charge is 2.25. The highest BCUT2D eigenvalue weighted by molar-refractivity contribution is 6.31. The first-order valence-corrected chi connectivity index (χ1v) is 7.40. The van der Waals surface area contributed by atoms with Crippen LogP contribution in [0.2, 0.25) is 10.3 Å². The van der Waals surface area contributed by atoms with Crippen LogP contribution in [0.3, 0.4) is 0 Å². The molecule has 1 fully saturated rings. The number of aromatic amines is 1. The number of hydrogen-bond acceptors (Lipinski definition) is 4. The van der Waals surface area contributed by atoms with Crippen LogP contribution in [0, 0.1) is 0 Å². The summed E-state index contributed by atoms with van der Waals surface area (Å²) < 4.78 is 0. The van der Waals surface area contributed by atoms with Crippen LogP contribution >= 0.6 is 23.2 Å². The van der Waals surface area contributed by atoms with Gasteiger partial charge in [-0.3, -0.25) is 5.10 Å². The zero-order valence-electron chi connectivity index (χ0n) is 10.9. The van der Waals surface area contributed by atoms with Crippen molar-refractivity contribution in [3.05, 3.63) is 40.3 Å². The van der Waals surface area contributed by atoms with Gasteiger partial charge in [-0.2, -0.15) is 10.1 Å². The Bertz CT molecular complexity index is 825. The molecule has 4 rings (SSSR count). The molecule has 0 unspecified atom stereocenters. The number of fused-ring (bicyclic) bond motifs is 1. The van der Waals surface area contributed by atoms with Gasteiger partial charge in [-0.25, -0.2) is 4.98 Å². The Morgan fingerprint density at radius 1 is 1.14 bits per heavy atom. The van der Waals surface area contributed by atoms with E-state index >= 15 is 0 Å². The monoisotopic (exact) mass is 319 g/mol. The van der Waals surface area contributed by atoms with Crippen molar-refractivity contribution in [3.63, 3.8) is 0 Å². The van der Waals surface area contributed by atoms with Gasteiger partial charge in [-0.1, -0.05) is 11.6 Å². The van der Waals surface area contributed by atoms with E-state index in [-0.39, 0.29) is 5.28 Å². The Balaban J connectivity index is 1.75. The predicted octanol–water partition coefficient (Wildman–Crippen LogP) is 4.28. The zero-order valence-corrected chi connectivity index (χ0v) is 12.4. The van der Waals surface area contributed by atoms with Gasteiger partial charge in [0.2, 0.25) is 5.28 Å². The molecule has 0 bridgehead atoms. The normalized spacial score (nSPS) is 14.6. The van der Waals surface area contributed by atoms with E-state index in [1.54, 1.807) is 6.07 Å². The number of hydrogen-bond donors (Lipinski definition) is 2. The second kappa shape index (κ2) is 4.86. The van der Waals surface area contributed by atoms with Crippen LogP contribution in [-0.2, 0) is 0 Å². The van der Waals surface area contributed by atoms with Crippen molar-refractivity contribution in [2.45, 2.75) is 18.8 Å². The predicted molar refractivity (Wildman–Crippen MR) is 83.4 cm³/mol. The molecule has 2 aromatic heterocycles. The number of halogens is 2. The van der Waals surface area contributed by atoms with E-state index in [0.29, 0.717) is 22.6 Å². The quantitative estimate of drug-likeness (QED) is 0.707. The van der Waals surface area contributed by atoms with Crippen LogP contribution in [0.1, 0.15) is 24.5 Å². The summed E-state index contributed by atoms with van der Waals surface area (Å²) in [5.74, 6) is 1.93. The minimum Gasteiger partial charge on any atom is -0.323 e. The third-order valence-electron chi connectivity index (χ3n) is 3.49. The molecular formula is C14H11Cl2N5. The Morgan fingerprint density at radius 3 is 2.81 bits per heavy atom. The van der Waals surface area contributed by atoms with Gasteiger partial charge in [0.25, 0.3) is 0 Å². The maximum Gasteiger partial charge on any atom is 0.224 e. The summed E-state index contributed by atoms with van der Waals surface area (Å²) in [6, 6.07) is 7.40. The van der Waals surface area contributed by atoms with Crippen LogP contribution < -0.4 is 5.32 Å². The maximum absolute atomic E-state index is 6.05. The summed E-state index contributed by atoms with van der Waals surface area (Å²) in [5.41, 5.74) is 1.89. The number of rotatable bonds is 3. The highest BCUT2D eigenvalue weighted by Crippen LogP contribution is 2.39. The van der Waals surface area contributed by atoms with Crippen LogP contribution in [0.4, 0.5) is 11.6 Å². The van der Waals surface area contributed by atoms with E-state index in [1.165, 1.54) is 12.8 Å². The summed E-state index contributed by atoms with van der Waals surface area (Å²) in [5, 5.41) is 12.1. The fourth-order valence-electron chi connectivity index (χ4n) is 2.29. The lowest BCUT2D eigenvalue weighted by Crippen LogP contribution is -1.97. The van der Waals surface area contributed by atoms with Gasteiger partial charge in [-0.15, -0.1) is 0 Å². The third kappa shape index (κ3) is 2.54. The van der Waals surface area contributed by atoms with Crippen molar-refractivity contribution in [3.8, 4) is 0 Å². The molecule has 0 aliphatic heterocycles. The second-order valence-corrected chi connectivity index (χ2v) is 5.89. The standard InChI is InChI=1S/C14H11Cl2N5/c15-8-3-4-10-9(5-8)13(19-14(16)17-10)18-12-6-11(20-21-12)7-1-2-7/h3-7H,1-2H2,(H2,17,18,19,20,21). The van der Waals surface area contributed by atoms with Crippen molar-refractivity contribution < 1.29 is 0 Å². The second-order valence-electron chi connectivity index (χ2n) is 5.11. The Kier molecular flexibility index (Phi) is 2.97. The summed E-state index contributed by atoms with van der Waals surface area (Å²) in [4.78, 5) is 8.43. The molecule has 0 radical (unpaired) electrons. The molecule has 1 aliphatic carbocycles. The van der Waals surface area contributed by atoms with Crippen LogP contribution in [-0.4, -0.2) is 20.2 Å². The summed E-state index contributed by atoms with van der Waals surface area (Å²) in [6.45, 7) is 0. The number of nitrogens with zero attached hydrogens (tertiary/aromatic N) is 3. The minimum absolute atomic E-state index is 0.185. The molecule has 7 heteroatoms. The molecule has 0 atom stereocenters. The molecule has 2 heterocycles. The van der Waals surface area contributed by atoms with Gasteiger partial charge in [0.15, 0.2) is 5.82 Å². The molecular weight excluding hydrogens is 309 g/mol. The van der Waals surface area contributed by atoms with Crippen LogP contribution in [0.5, 0.6) is 0 Å². The van der Waals surface area contributed by atoms with E-state index in [2.05, 4.69) is 25.5 Å². The van der Waals surface area contributed by atoms with Crippen molar-refractivity contribution in [1.29, 1.82) is 0 Å². The molecule has 1 aromatic carbocycles. The lowest BCUT2D eigenvalue weighted by atomic mass is 10.2. The number of aromatic nitrogens is 4. The van der Waals surface area contributed by atoms with E-state index < -0.39 is 0 Å². The Hall–Kier alpha value is -1.85. The van der Waals surface area contributed by atoms with Crippen LogP contribution in [0.15, 0.2) is 24.3 Å². The largest absolute Gasteiger partial charge is 0.323 e. The average molecular weight is 320 g/mol. The number of anilines is 2. The van der Waals surface area contributed by atoms with E-state index in [0.717, 1.165) is 16.6 Å². The number of nitrogens with one attached hydrogen (secondary N) is 2. The summed E-state index contributed by atoms with van der Waals surface area (Å²) >= 11 is 12.0. The van der Waals surface area contributed by atoms with E-state index in [9.17, 15) is 0 Å². The van der Waals surface area contributed by atoms with Crippen molar-refractivity contribution >= 4 is 45.7 Å². The van der Waals surface area contributed by atoms with Crippen LogP contribution in [0.25, 0.3) is 10.9 Å². The smallest absolute Gasteiger partial charge is 0.224 e.